The van der Waals surface area contributed by atoms with E-state index >= 15 is 0 Å². The minimum atomic E-state index is 1.02. The summed E-state index contributed by atoms with van der Waals surface area (Å²) in [7, 11) is 0. The third-order valence-electron chi connectivity index (χ3n) is 2.39. The first-order valence-electron chi connectivity index (χ1n) is 5.39. The van der Waals surface area contributed by atoms with Crippen LogP contribution in [0.15, 0.2) is 0 Å². The highest BCUT2D eigenvalue weighted by molar-refractivity contribution is 4.58. The maximum Gasteiger partial charge on any atom is -0.0443 e. The van der Waals surface area contributed by atoms with Gasteiger partial charge >= 0.3 is 0 Å². The molecule has 0 atom stereocenters. The van der Waals surface area contributed by atoms with Gasteiger partial charge in [0.1, 0.15) is 0 Å². The minimum absolute atomic E-state index is 1.02. The maximum absolute atomic E-state index is 2.39. The molecule has 0 unspecified atom stereocenters. The second kappa shape index (κ2) is 8.10. The third-order valence-corrected chi connectivity index (χ3v) is 2.39. The van der Waals surface area contributed by atoms with Crippen molar-refractivity contribution in [2.45, 2.75) is 65.7 Å². The van der Waals surface area contributed by atoms with Gasteiger partial charge < -0.3 is 0 Å². The van der Waals surface area contributed by atoms with E-state index in [2.05, 4.69) is 6.92 Å². The second-order valence-corrected chi connectivity index (χ2v) is 3.45. The molecule has 0 aliphatic heterocycles. The van der Waals surface area contributed by atoms with E-state index in [1.165, 1.54) is 44.9 Å². The quantitative estimate of drug-likeness (QED) is 0.488. The van der Waals surface area contributed by atoms with Crippen molar-refractivity contribution >= 4 is 0 Å². The summed E-state index contributed by atoms with van der Waals surface area (Å²) in [6.07, 6.45) is 10.4. The average Bonchev–Trinajstić information content (AvgIpc) is 2.01. The van der Waals surface area contributed by atoms with Gasteiger partial charge in [-0.15, -0.1) is 0 Å². The highest BCUT2D eigenvalue weighted by Gasteiger charge is 2.04. The Hall–Kier alpha value is 0. The summed E-state index contributed by atoms with van der Waals surface area (Å²) in [6, 6.07) is 0. The van der Waals surface area contributed by atoms with E-state index in [4.69, 9.17) is 0 Å². The normalized spacial score (nSPS) is 21.0. The molecular weight excluding hydrogens is 132 g/mol. The molecule has 1 fully saturated rings. The van der Waals surface area contributed by atoms with Crippen LogP contribution in [0.1, 0.15) is 65.7 Å². The van der Waals surface area contributed by atoms with Crippen molar-refractivity contribution in [2.24, 2.45) is 5.92 Å². The Morgan fingerprint density at radius 2 is 1.09 bits per heavy atom. The third kappa shape index (κ3) is 6.40. The van der Waals surface area contributed by atoms with Gasteiger partial charge in [-0.25, -0.2) is 0 Å². The lowest BCUT2D eigenvalue weighted by Crippen LogP contribution is -1.97. The molecule has 0 bridgehead atoms. The van der Waals surface area contributed by atoms with Crippen LogP contribution in [0.4, 0.5) is 0 Å². The van der Waals surface area contributed by atoms with Crippen molar-refractivity contribution < 1.29 is 0 Å². The van der Waals surface area contributed by atoms with Crippen LogP contribution in [0, 0.1) is 5.92 Å². The molecule has 0 radical (unpaired) electrons. The number of hydrogen-bond donors (Lipinski definition) is 0. The molecule has 1 aliphatic rings. The van der Waals surface area contributed by atoms with Crippen molar-refractivity contribution in [1.29, 1.82) is 0 Å². The summed E-state index contributed by atoms with van der Waals surface area (Å²) in [6.45, 7) is 6.39. The molecule has 11 heavy (non-hydrogen) atoms. The predicted octanol–water partition coefficient (Wildman–Crippen LogP) is 4.39. The van der Waals surface area contributed by atoms with E-state index < -0.39 is 0 Å². The lowest BCUT2D eigenvalue weighted by molar-refractivity contribution is 0.404. The Labute approximate surface area is 72.4 Å². The fourth-order valence-corrected chi connectivity index (χ4v) is 1.66. The Morgan fingerprint density at radius 3 is 1.55 bits per heavy atom. The van der Waals surface area contributed by atoms with Crippen molar-refractivity contribution in [3.05, 3.63) is 0 Å². The molecule has 0 nitrogen and oxygen atoms in total. The zero-order chi connectivity index (χ0) is 8.53. The first kappa shape index (κ1) is 11.0. The summed E-state index contributed by atoms with van der Waals surface area (Å²) in [5, 5.41) is 0. The summed E-state index contributed by atoms with van der Waals surface area (Å²) in [5.74, 6) is 1.02. The molecule has 0 amide bonds. The summed E-state index contributed by atoms with van der Waals surface area (Å²) >= 11 is 0. The monoisotopic (exact) mass is 156 g/mol. The van der Waals surface area contributed by atoms with Gasteiger partial charge in [0.05, 0.1) is 0 Å². The van der Waals surface area contributed by atoms with Crippen LogP contribution >= 0.6 is 0 Å². The van der Waals surface area contributed by atoms with E-state index in [1.54, 1.807) is 0 Å². The highest BCUT2D eigenvalue weighted by atomic mass is 14.1. The topological polar surface area (TPSA) is 0 Å². The second-order valence-electron chi connectivity index (χ2n) is 3.45. The van der Waals surface area contributed by atoms with Gasteiger partial charge in [-0.2, -0.15) is 0 Å². The Kier molecular flexibility index (Phi) is 8.10. The van der Waals surface area contributed by atoms with Crippen LogP contribution < -0.4 is 0 Å². The molecule has 0 spiro atoms. The molecule has 68 valence electrons. The zero-order valence-corrected chi connectivity index (χ0v) is 8.53. The van der Waals surface area contributed by atoms with Gasteiger partial charge in [-0.3, -0.25) is 0 Å². The zero-order valence-electron chi connectivity index (χ0n) is 8.53. The standard InChI is InChI=1S/C9H18.C2H6/c1-9-7-5-3-2-4-6-8-9;1-2/h9H,2-8H2,1H3;1-2H3. The van der Waals surface area contributed by atoms with Crippen molar-refractivity contribution in [2.75, 3.05) is 0 Å². The molecule has 0 heteroatoms. The predicted molar refractivity (Wildman–Crippen MR) is 52.8 cm³/mol. The van der Waals surface area contributed by atoms with Crippen LogP contribution in [0.25, 0.3) is 0 Å². The van der Waals surface area contributed by atoms with E-state index in [-0.39, 0.29) is 0 Å². The van der Waals surface area contributed by atoms with Gasteiger partial charge in [0.25, 0.3) is 0 Å². The van der Waals surface area contributed by atoms with Gasteiger partial charge in [0, 0.05) is 0 Å². The molecule has 0 heterocycles. The molecule has 1 rings (SSSR count). The Balaban J connectivity index is 0.000000461. The number of rotatable bonds is 0. The lowest BCUT2D eigenvalue weighted by atomic mass is 9.93. The molecule has 0 aromatic rings. The highest BCUT2D eigenvalue weighted by Crippen LogP contribution is 2.20. The first-order valence-corrected chi connectivity index (χ1v) is 5.39. The van der Waals surface area contributed by atoms with Crippen molar-refractivity contribution in [3.8, 4) is 0 Å². The fourth-order valence-electron chi connectivity index (χ4n) is 1.66. The lowest BCUT2D eigenvalue weighted by Gasteiger charge is -2.13. The van der Waals surface area contributed by atoms with Crippen LogP contribution in [-0.2, 0) is 0 Å². The van der Waals surface area contributed by atoms with Gasteiger partial charge in [0.15, 0.2) is 0 Å². The summed E-state index contributed by atoms with van der Waals surface area (Å²) in [5.41, 5.74) is 0. The van der Waals surface area contributed by atoms with Crippen molar-refractivity contribution in [1.82, 2.24) is 0 Å². The summed E-state index contributed by atoms with van der Waals surface area (Å²) in [4.78, 5) is 0. The van der Waals surface area contributed by atoms with Gasteiger partial charge in [0.2, 0.25) is 0 Å². The van der Waals surface area contributed by atoms with Crippen LogP contribution in [0.2, 0.25) is 0 Å². The van der Waals surface area contributed by atoms with Crippen LogP contribution in [0.3, 0.4) is 0 Å². The van der Waals surface area contributed by atoms with E-state index in [9.17, 15) is 0 Å². The Bertz CT molecular complexity index is 58.4. The fraction of sp³-hybridized carbons (Fsp3) is 1.00. The minimum Gasteiger partial charge on any atom is -0.0683 e. The summed E-state index contributed by atoms with van der Waals surface area (Å²) < 4.78 is 0. The molecule has 0 saturated heterocycles. The van der Waals surface area contributed by atoms with Gasteiger partial charge in [-0.1, -0.05) is 65.7 Å². The molecular formula is C11H24. The smallest absolute Gasteiger partial charge is 0.0443 e. The van der Waals surface area contributed by atoms with E-state index in [0.29, 0.717) is 0 Å². The number of hydrogen-bond acceptors (Lipinski definition) is 0. The maximum atomic E-state index is 2.39. The van der Waals surface area contributed by atoms with Gasteiger partial charge in [-0.05, 0) is 5.92 Å². The average molecular weight is 156 g/mol. The molecule has 1 aliphatic carbocycles. The molecule has 0 aromatic heterocycles. The van der Waals surface area contributed by atoms with Crippen LogP contribution in [-0.4, -0.2) is 0 Å². The Morgan fingerprint density at radius 1 is 0.727 bits per heavy atom. The van der Waals surface area contributed by atoms with Crippen molar-refractivity contribution in [3.63, 3.8) is 0 Å². The van der Waals surface area contributed by atoms with Crippen LogP contribution in [0.5, 0.6) is 0 Å². The largest absolute Gasteiger partial charge is 0.0683 e. The molecule has 1 saturated carbocycles. The first-order chi connectivity index (χ1) is 5.39. The SMILES string of the molecule is CC.CC1CCCCCCC1. The van der Waals surface area contributed by atoms with E-state index in [0.717, 1.165) is 5.92 Å². The van der Waals surface area contributed by atoms with E-state index in [1.807, 2.05) is 13.8 Å². The molecule has 0 N–H and O–H groups in total. The molecule has 0 aromatic carbocycles.